The van der Waals surface area contributed by atoms with Gasteiger partial charge in [-0.05, 0) is 31.4 Å². The third-order valence-electron chi connectivity index (χ3n) is 4.89. The van der Waals surface area contributed by atoms with E-state index in [0.717, 1.165) is 25.9 Å². The summed E-state index contributed by atoms with van der Waals surface area (Å²) in [6, 6.07) is 10.7. The number of hydrogen-bond donors (Lipinski definition) is 2. The average Bonchev–Trinajstić information content (AvgIpc) is 3.01. The molecule has 2 saturated heterocycles. The van der Waals surface area contributed by atoms with Gasteiger partial charge in [0.05, 0.1) is 12.1 Å². The van der Waals surface area contributed by atoms with Crippen molar-refractivity contribution in [2.45, 2.75) is 37.5 Å². The Kier molecular flexibility index (Phi) is 8.30. The number of hydrogen-bond acceptors (Lipinski definition) is 4. The van der Waals surface area contributed by atoms with Crippen LogP contribution in [-0.4, -0.2) is 60.8 Å². The number of piperidine rings is 1. The van der Waals surface area contributed by atoms with Crippen molar-refractivity contribution in [1.29, 1.82) is 0 Å². The van der Waals surface area contributed by atoms with Crippen molar-refractivity contribution in [3.8, 4) is 0 Å². The van der Waals surface area contributed by atoms with Crippen LogP contribution in [0.1, 0.15) is 19.3 Å². The molecule has 0 saturated carbocycles. The van der Waals surface area contributed by atoms with Crippen LogP contribution in [-0.2, 0) is 4.79 Å². The van der Waals surface area contributed by atoms with E-state index in [2.05, 4.69) is 41.5 Å². The lowest BCUT2D eigenvalue weighted by atomic mass is 10.0. The molecule has 2 unspecified atom stereocenters. The summed E-state index contributed by atoms with van der Waals surface area (Å²) >= 11 is 0. The second-order valence-electron chi connectivity index (χ2n) is 6.35. The number of aliphatic hydroxyl groups is 1. The van der Waals surface area contributed by atoms with E-state index in [-0.39, 0.29) is 42.9 Å². The Labute approximate surface area is 156 Å². The van der Waals surface area contributed by atoms with E-state index in [1.807, 2.05) is 11.0 Å². The molecule has 2 atom stereocenters. The molecule has 0 aliphatic carbocycles. The standard InChI is InChI=1S/C17H25N3O2.2ClH/c1-19(13-5-3-2-4-6-13)14-7-9-20(10-8-14)17(22)16-11-15(21)12-18-16;;/h2-6,14-16,18,21H,7-12H2,1H3;2*1H. The number of anilines is 1. The highest BCUT2D eigenvalue weighted by atomic mass is 35.5. The zero-order valence-electron chi connectivity index (χ0n) is 13.9. The lowest BCUT2D eigenvalue weighted by Gasteiger charge is -2.38. The summed E-state index contributed by atoms with van der Waals surface area (Å²) in [5.74, 6) is 0.150. The van der Waals surface area contributed by atoms with E-state index in [1.54, 1.807) is 0 Å². The first-order valence-corrected chi connectivity index (χ1v) is 8.13. The second-order valence-corrected chi connectivity index (χ2v) is 6.35. The van der Waals surface area contributed by atoms with Crippen molar-refractivity contribution in [2.75, 3.05) is 31.6 Å². The van der Waals surface area contributed by atoms with Crippen molar-refractivity contribution >= 4 is 36.4 Å². The van der Waals surface area contributed by atoms with Gasteiger partial charge >= 0.3 is 0 Å². The van der Waals surface area contributed by atoms with Gasteiger partial charge in [0.1, 0.15) is 0 Å². The maximum absolute atomic E-state index is 12.4. The molecule has 7 heteroatoms. The molecule has 0 radical (unpaired) electrons. The molecule has 0 spiro atoms. The SMILES string of the molecule is CN(c1ccccc1)C1CCN(C(=O)C2CC(O)CN2)CC1.Cl.Cl. The molecule has 136 valence electrons. The summed E-state index contributed by atoms with van der Waals surface area (Å²) in [5, 5.41) is 12.7. The summed E-state index contributed by atoms with van der Waals surface area (Å²) in [4.78, 5) is 16.7. The van der Waals surface area contributed by atoms with Gasteiger partial charge in [0.25, 0.3) is 0 Å². The third kappa shape index (κ3) is 4.76. The predicted octanol–water partition coefficient (Wildman–Crippen LogP) is 1.68. The Morgan fingerprint density at radius 2 is 1.83 bits per heavy atom. The molecule has 1 amide bonds. The molecule has 3 rings (SSSR count). The first-order valence-electron chi connectivity index (χ1n) is 8.13. The Bertz CT molecular complexity index is 510. The van der Waals surface area contributed by atoms with Crippen LogP contribution < -0.4 is 10.2 Å². The smallest absolute Gasteiger partial charge is 0.239 e. The van der Waals surface area contributed by atoms with Crippen molar-refractivity contribution in [3.63, 3.8) is 0 Å². The molecule has 2 heterocycles. The van der Waals surface area contributed by atoms with Gasteiger partial charge in [-0.1, -0.05) is 18.2 Å². The molecule has 2 aliphatic heterocycles. The van der Waals surface area contributed by atoms with E-state index in [0.29, 0.717) is 19.0 Å². The number of nitrogens with zero attached hydrogens (tertiary/aromatic N) is 2. The molecular formula is C17H27Cl2N3O2. The van der Waals surface area contributed by atoms with Crippen molar-refractivity contribution in [2.24, 2.45) is 0 Å². The minimum atomic E-state index is -0.379. The fraction of sp³-hybridized carbons (Fsp3) is 0.588. The Hall–Kier alpha value is -1.01. The van der Waals surface area contributed by atoms with Gasteiger partial charge in [-0.2, -0.15) is 0 Å². The lowest BCUT2D eigenvalue weighted by molar-refractivity contribution is -0.134. The highest BCUT2D eigenvalue weighted by Gasteiger charge is 2.33. The van der Waals surface area contributed by atoms with Gasteiger partial charge in [0, 0.05) is 38.4 Å². The van der Waals surface area contributed by atoms with E-state index in [4.69, 9.17) is 0 Å². The predicted molar refractivity (Wildman–Crippen MR) is 101 cm³/mol. The van der Waals surface area contributed by atoms with Crippen molar-refractivity contribution in [1.82, 2.24) is 10.2 Å². The van der Waals surface area contributed by atoms with Crippen LogP contribution in [0.5, 0.6) is 0 Å². The highest BCUT2D eigenvalue weighted by molar-refractivity contribution is 5.85. The van der Waals surface area contributed by atoms with E-state index < -0.39 is 0 Å². The molecule has 1 aromatic carbocycles. The monoisotopic (exact) mass is 375 g/mol. The first kappa shape index (κ1) is 21.0. The molecule has 24 heavy (non-hydrogen) atoms. The number of halogens is 2. The van der Waals surface area contributed by atoms with Crippen LogP contribution in [0.4, 0.5) is 5.69 Å². The first-order chi connectivity index (χ1) is 10.6. The number of rotatable bonds is 3. The van der Waals surface area contributed by atoms with Gasteiger partial charge in [0.2, 0.25) is 5.91 Å². The summed E-state index contributed by atoms with van der Waals surface area (Å²) in [6.07, 6.45) is 2.15. The van der Waals surface area contributed by atoms with Gasteiger partial charge in [-0.15, -0.1) is 24.8 Å². The molecule has 0 bridgehead atoms. The number of carbonyl (C=O) groups excluding carboxylic acids is 1. The number of benzene rings is 1. The summed E-state index contributed by atoms with van der Waals surface area (Å²) in [5.41, 5.74) is 1.23. The number of aliphatic hydroxyl groups excluding tert-OH is 1. The van der Waals surface area contributed by atoms with Gasteiger partial charge in [0.15, 0.2) is 0 Å². The number of β-amino-alcohol motifs (C(OH)–C–C–N with tert-alkyl or cyclic N) is 1. The topological polar surface area (TPSA) is 55.8 Å². The molecular weight excluding hydrogens is 349 g/mol. The van der Waals surface area contributed by atoms with Gasteiger partial charge in [-0.3, -0.25) is 4.79 Å². The number of amides is 1. The quantitative estimate of drug-likeness (QED) is 0.843. The number of para-hydroxylation sites is 1. The Morgan fingerprint density at radius 3 is 2.38 bits per heavy atom. The maximum atomic E-state index is 12.4. The number of carbonyl (C=O) groups is 1. The zero-order chi connectivity index (χ0) is 15.5. The van der Waals surface area contributed by atoms with Crippen LogP contribution >= 0.6 is 24.8 Å². The Morgan fingerprint density at radius 1 is 1.21 bits per heavy atom. The van der Waals surface area contributed by atoms with Crippen LogP contribution in [0, 0.1) is 0 Å². The fourth-order valence-corrected chi connectivity index (χ4v) is 3.47. The number of likely N-dealkylation sites (tertiary alicyclic amines) is 1. The van der Waals surface area contributed by atoms with E-state index in [1.165, 1.54) is 5.69 Å². The largest absolute Gasteiger partial charge is 0.392 e. The lowest BCUT2D eigenvalue weighted by Crippen LogP contribution is -2.50. The molecule has 2 N–H and O–H groups in total. The van der Waals surface area contributed by atoms with Gasteiger partial charge in [-0.25, -0.2) is 0 Å². The summed E-state index contributed by atoms with van der Waals surface area (Å²) in [6.45, 7) is 2.13. The third-order valence-corrected chi connectivity index (χ3v) is 4.89. The fourth-order valence-electron chi connectivity index (χ4n) is 3.47. The van der Waals surface area contributed by atoms with Crippen LogP contribution in [0.25, 0.3) is 0 Å². The van der Waals surface area contributed by atoms with Crippen LogP contribution in [0.15, 0.2) is 30.3 Å². The molecule has 2 fully saturated rings. The average molecular weight is 376 g/mol. The van der Waals surface area contributed by atoms with Crippen LogP contribution in [0.3, 0.4) is 0 Å². The summed E-state index contributed by atoms with van der Waals surface area (Å²) < 4.78 is 0. The van der Waals surface area contributed by atoms with E-state index >= 15 is 0 Å². The summed E-state index contributed by atoms with van der Waals surface area (Å²) in [7, 11) is 2.13. The molecule has 5 nitrogen and oxygen atoms in total. The second kappa shape index (κ2) is 9.47. The normalized spacial score (nSPS) is 24.0. The minimum absolute atomic E-state index is 0. The van der Waals surface area contributed by atoms with Crippen LogP contribution in [0.2, 0.25) is 0 Å². The van der Waals surface area contributed by atoms with Gasteiger partial charge < -0.3 is 20.2 Å². The maximum Gasteiger partial charge on any atom is 0.239 e. The molecule has 2 aliphatic rings. The number of nitrogens with one attached hydrogen (secondary N) is 1. The minimum Gasteiger partial charge on any atom is -0.392 e. The molecule has 0 aromatic heterocycles. The van der Waals surface area contributed by atoms with Crippen molar-refractivity contribution < 1.29 is 9.90 Å². The van der Waals surface area contributed by atoms with E-state index in [9.17, 15) is 9.90 Å². The zero-order valence-corrected chi connectivity index (χ0v) is 15.6. The molecule has 1 aromatic rings. The van der Waals surface area contributed by atoms with Crippen molar-refractivity contribution in [3.05, 3.63) is 30.3 Å². The highest BCUT2D eigenvalue weighted by Crippen LogP contribution is 2.22. The Balaban J connectivity index is 0.00000144.